The highest BCUT2D eigenvalue weighted by atomic mass is 16.1. The summed E-state index contributed by atoms with van der Waals surface area (Å²) in [6, 6.07) is 2.09. The molecule has 0 fully saturated rings. The third kappa shape index (κ3) is 8.83. The molecule has 0 aromatic rings. The summed E-state index contributed by atoms with van der Waals surface area (Å²) in [6.07, 6.45) is 2.41. The van der Waals surface area contributed by atoms with Gasteiger partial charge in [-0.15, -0.1) is 0 Å². The van der Waals surface area contributed by atoms with E-state index in [9.17, 15) is 4.79 Å². The molecule has 4 heteroatoms. The van der Waals surface area contributed by atoms with E-state index in [-0.39, 0.29) is 11.9 Å². The van der Waals surface area contributed by atoms with E-state index >= 15 is 0 Å². The van der Waals surface area contributed by atoms with Gasteiger partial charge in [0.2, 0.25) is 5.91 Å². The predicted octanol–water partition coefficient (Wildman–Crippen LogP) is 0.534. The molecular weight excluding hydrogens is 166 g/mol. The Morgan fingerprint density at radius 3 is 2.92 bits per heavy atom. The van der Waals surface area contributed by atoms with Crippen LogP contribution < -0.4 is 11.1 Å². The molecule has 0 heterocycles. The molecule has 0 aliphatic carbocycles. The summed E-state index contributed by atoms with van der Waals surface area (Å²) in [6.45, 7) is 2.47. The zero-order valence-corrected chi connectivity index (χ0v) is 8.05. The molecular formula is C9H17N3O. The number of hydrogen-bond acceptors (Lipinski definition) is 3. The van der Waals surface area contributed by atoms with Crippen molar-refractivity contribution in [3.8, 4) is 6.07 Å². The second kappa shape index (κ2) is 7.56. The van der Waals surface area contributed by atoms with Gasteiger partial charge in [0.25, 0.3) is 0 Å². The van der Waals surface area contributed by atoms with Gasteiger partial charge < -0.3 is 11.1 Å². The van der Waals surface area contributed by atoms with Gasteiger partial charge in [-0.1, -0.05) is 0 Å². The van der Waals surface area contributed by atoms with E-state index in [1.54, 1.807) is 0 Å². The van der Waals surface area contributed by atoms with Crippen LogP contribution in [-0.4, -0.2) is 18.5 Å². The molecule has 74 valence electrons. The molecule has 3 N–H and O–H groups in total. The SMILES string of the molecule is CC(N)CCC(=O)NCCCC#N. The minimum atomic E-state index is 0.0234. The van der Waals surface area contributed by atoms with Crippen molar-refractivity contribution in [3.05, 3.63) is 0 Å². The fourth-order valence-electron chi connectivity index (χ4n) is 0.842. The van der Waals surface area contributed by atoms with E-state index in [1.165, 1.54) is 0 Å². The van der Waals surface area contributed by atoms with Crippen LogP contribution in [0.3, 0.4) is 0 Å². The van der Waals surface area contributed by atoms with Crippen molar-refractivity contribution in [2.24, 2.45) is 5.73 Å². The summed E-state index contributed by atoms with van der Waals surface area (Å²) in [5, 5.41) is 11.0. The number of hydrogen-bond donors (Lipinski definition) is 2. The molecule has 0 aromatic carbocycles. The van der Waals surface area contributed by atoms with Crippen molar-refractivity contribution < 1.29 is 4.79 Å². The van der Waals surface area contributed by atoms with E-state index in [2.05, 4.69) is 5.32 Å². The highest BCUT2D eigenvalue weighted by Crippen LogP contribution is 1.93. The minimum Gasteiger partial charge on any atom is -0.356 e. The zero-order valence-electron chi connectivity index (χ0n) is 8.05. The molecule has 0 saturated carbocycles. The number of unbranched alkanes of at least 4 members (excludes halogenated alkanes) is 1. The Labute approximate surface area is 79.1 Å². The number of nitriles is 1. The first-order valence-corrected chi connectivity index (χ1v) is 4.56. The Kier molecular flexibility index (Phi) is 6.93. The molecule has 0 radical (unpaired) electrons. The summed E-state index contributed by atoms with van der Waals surface area (Å²) in [4.78, 5) is 11.1. The smallest absolute Gasteiger partial charge is 0.220 e. The van der Waals surface area contributed by atoms with Gasteiger partial charge in [0, 0.05) is 25.4 Å². The molecule has 1 amide bonds. The van der Waals surface area contributed by atoms with Crippen LogP contribution in [0.2, 0.25) is 0 Å². The Hall–Kier alpha value is -1.08. The predicted molar refractivity (Wildman–Crippen MR) is 50.7 cm³/mol. The van der Waals surface area contributed by atoms with Gasteiger partial charge in [0.05, 0.1) is 6.07 Å². The number of carbonyl (C=O) groups excluding carboxylic acids is 1. The van der Waals surface area contributed by atoms with E-state index in [0.29, 0.717) is 25.8 Å². The van der Waals surface area contributed by atoms with Crippen molar-refractivity contribution in [3.63, 3.8) is 0 Å². The minimum absolute atomic E-state index is 0.0234. The Bertz CT molecular complexity index is 184. The molecule has 0 aromatic heterocycles. The summed E-state index contributed by atoms with van der Waals surface area (Å²) in [5.41, 5.74) is 5.49. The van der Waals surface area contributed by atoms with Crippen molar-refractivity contribution in [2.75, 3.05) is 6.54 Å². The Morgan fingerprint density at radius 2 is 2.38 bits per heavy atom. The molecule has 1 unspecified atom stereocenters. The summed E-state index contributed by atoms with van der Waals surface area (Å²) in [5.74, 6) is 0.0234. The largest absolute Gasteiger partial charge is 0.356 e. The van der Waals surface area contributed by atoms with Crippen LogP contribution in [0.4, 0.5) is 0 Å². The maximum Gasteiger partial charge on any atom is 0.220 e. The first kappa shape index (κ1) is 11.9. The number of carbonyl (C=O) groups is 1. The number of nitrogens with two attached hydrogens (primary N) is 1. The lowest BCUT2D eigenvalue weighted by atomic mass is 10.2. The second-order valence-corrected chi connectivity index (χ2v) is 3.13. The normalized spacial score (nSPS) is 11.8. The highest BCUT2D eigenvalue weighted by molar-refractivity contribution is 5.75. The zero-order chi connectivity index (χ0) is 10.1. The fourth-order valence-corrected chi connectivity index (χ4v) is 0.842. The van der Waals surface area contributed by atoms with E-state index in [4.69, 9.17) is 11.0 Å². The molecule has 1 atom stereocenters. The van der Waals surface area contributed by atoms with Crippen LogP contribution >= 0.6 is 0 Å². The van der Waals surface area contributed by atoms with Gasteiger partial charge in [-0.05, 0) is 19.8 Å². The molecule has 0 bridgehead atoms. The first-order chi connectivity index (χ1) is 6.16. The molecule has 4 nitrogen and oxygen atoms in total. The highest BCUT2D eigenvalue weighted by Gasteiger charge is 2.01. The maximum atomic E-state index is 11.1. The van der Waals surface area contributed by atoms with Gasteiger partial charge in [-0.25, -0.2) is 0 Å². The monoisotopic (exact) mass is 183 g/mol. The van der Waals surface area contributed by atoms with Crippen LogP contribution in [0.1, 0.15) is 32.6 Å². The standard InChI is InChI=1S/C9H17N3O/c1-8(11)4-5-9(13)12-7-3-2-6-10/h8H,2-5,7,11H2,1H3,(H,12,13). The van der Waals surface area contributed by atoms with Crippen molar-refractivity contribution in [1.29, 1.82) is 5.26 Å². The van der Waals surface area contributed by atoms with Gasteiger partial charge in [-0.2, -0.15) is 5.26 Å². The van der Waals surface area contributed by atoms with Gasteiger partial charge in [0.1, 0.15) is 0 Å². The lowest BCUT2D eigenvalue weighted by molar-refractivity contribution is -0.121. The van der Waals surface area contributed by atoms with Gasteiger partial charge in [0.15, 0.2) is 0 Å². The Morgan fingerprint density at radius 1 is 1.69 bits per heavy atom. The summed E-state index contributed by atoms with van der Waals surface area (Å²) >= 11 is 0. The summed E-state index contributed by atoms with van der Waals surface area (Å²) < 4.78 is 0. The van der Waals surface area contributed by atoms with Crippen molar-refractivity contribution in [2.45, 2.75) is 38.6 Å². The van der Waals surface area contributed by atoms with Gasteiger partial charge >= 0.3 is 0 Å². The van der Waals surface area contributed by atoms with Crippen molar-refractivity contribution >= 4 is 5.91 Å². The quantitative estimate of drug-likeness (QED) is 0.590. The molecule has 13 heavy (non-hydrogen) atoms. The van der Waals surface area contributed by atoms with Crippen LogP contribution in [0.15, 0.2) is 0 Å². The third-order valence-electron chi connectivity index (χ3n) is 1.61. The lowest BCUT2D eigenvalue weighted by Gasteiger charge is -2.05. The molecule has 0 rings (SSSR count). The van der Waals surface area contributed by atoms with E-state index < -0.39 is 0 Å². The van der Waals surface area contributed by atoms with Crippen LogP contribution in [0.25, 0.3) is 0 Å². The molecule has 0 spiro atoms. The first-order valence-electron chi connectivity index (χ1n) is 4.56. The van der Waals surface area contributed by atoms with Crippen molar-refractivity contribution in [1.82, 2.24) is 5.32 Å². The maximum absolute atomic E-state index is 11.1. The number of nitrogens with one attached hydrogen (secondary N) is 1. The lowest BCUT2D eigenvalue weighted by Crippen LogP contribution is -2.26. The van der Waals surface area contributed by atoms with E-state index in [1.807, 2.05) is 13.0 Å². The van der Waals surface area contributed by atoms with Crippen LogP contribution in [-0.2, 0) is 4.79 Å². The fraction of sp³-hybridized carbons (Fsp3) is 0.778. The van der Waals surface area contributed by atoms with Gasteiger partial charge in [-0.3, -0.25) is 4.79 Å². The number of rotatable bonds is 6. The topological polar surface area (TPSA) is 78.9 Å². The van der Waals surface area contributed by atoms with Crippen LogP contribution in [0.5, 0.6) is 0 Å². The number of amides is 1. The summed E-state index contributed by atoms with van der Waals surface area (Å²) in [7, 11) is 0. The van der Waals surface area contributed by atoms with E-state index in [0.717, 1.165) is 6.42 Å². The third-order valence-corrected chi connectivity index (χ3v) is 1.61. The molecule has 0 aliphatic heterocycles. The molecule has 0 aliphatic rings. The average molecular weight is 183 g/mol. The Balaban J connectivity index is 3.26. The van der Waals surface area contributed by atoms with Crippen LogP contribution in [0, 0.1) is 11.3 Å². The number of nitrogens with zero attached hydrogens (tertiary/aromatic N) is 1. The molecule has 0 saturated heterocycles. The second-order valence-electron chi connectivity index (χ2n) is 3.13. The average Bonchev–Trinajstić information content (AvgIpc) is 2.09.